The molecular weight excluding hydrogens is 248 g/mol. The Morgan fingerprint density at radius 3 is 2.89 bits per heavy atom. The van der Waals surface area contributed by atoms with E-state index in [0.717, 1.165) is 0 Å². The lowest BCUT2D eigenvalue weighted by Crippen LogP contribution is -2.42. The van der Waals surface area contributed by atoms with E-state index in [-0.39, 0.29) is 17.7 Å². The number of aromatic nitrogens is 1. The highest BCUT2D eigenvalue weighted by Crippen LogP contribution is 2.27. The molecule has 0 bridgehead atoms. The van der Waals surface area contributed by atoms with Gasteiger partial charge in [0.25, 0.3) is 5.69 Å². The number of pyridine rings is 1. The Labute approximate surface area is 111 Å². The van der Waals surface area contributed by atoms with Crippen LogP contribution in [0.4, 0.5) is 17.3 Å². The second-order valence-corrected chi connectivity index (χ2v) is 4.86. The summed E-state index contributed by atoms with van der Waals surface area (Å²) in [6, 6.07) is 2.89. The lowest BCUT2D eigenvalue weighted by atomic mass is 9.97. The second kappa shape index (κ2) is 5.40. The molecule has 7 heteroatoms. The van der Waals surface area contributed by atoms with Crippen LogP contribution in [0.15, 0.2) is 12.1 Å². The summed E-state index contributed by atoms with van der Waals surface area (Å²) in [5, 5.41) is 23.5. The second-order valence-electron chi connectivity index (χ2n) is 4.86. The molecule has 0 aliphatic carbocycles. The van der Waals surface area contributed by atoms with Crippen molar-refractivity contribution in [3.63, 3.8) is 0 Å². The average molecular weight is 266 g/mol. The summed E-state index contributed by atoms with van der Waals surface area (Å²) in [7, 11) is 1.68. The Hall–Kier alpha value is -1.89. The van der Waals surface area contributed by atoms with Crippen molar-refractivity contribution in [1.29, 1.82) is 0 Å². The molecule has 1 aromatic rings. The molecule has 0 amide bonds. The summed E-state index contributed by atoms with van der Waals surface area (Å²) in [4.78, 5) is 16.8. The number of rotatable bonds is 3. The third-order valence-electron chi connectivity index (χ3n) is 3.45. The molecule has 19 heavy (non-hydrogen) atoms. The molecule has 2 unspecified atom stereocenters. The van der Waals surface area contributed by atoms with E-state index in [0.29, 0.717) is 31.1 Å². The number of aliphatic hydroxyl groups excluding tert-OH is 1. The topological polar surface area (TPSA) is 91.5 Å². The summed E-state index contributed by atoms with van der Waals surface area (Å²) in [6.45, 7) is 3.27. The minimum Gasteiger partial charge on any atom is -0.393 e. The van der Waals surface area contributed by atoms with E-state index >= 15 is 0 Å². The van der Waals surface area contributed by atoms with Crippen molar-refractivity contribution in [2.45, 2.75) is 19.4 Å². The lowest BCUT2D eigenvalue weighted by Gasteiger charge is -2.35. The SMILES string of the molecule is CNc1cc([N+](=O)[O-])cc(N2CCC(O)C(C)C2)n1. The molecule has 2 atom stereocenters. The molecule has 2 N–H and O–H groups in total. The largest absolute Gasteiger partial charge is 0.393 e. The minimum absolute atomic E-state index is 0.0214. The van der Waals surface area contributed by atoms with E-state index in [1.54, 1.807) is 7.05 Å². The van der Waals surface area contributed by atoms with Gasteiger partial charge in [-0.2, -0.15) is 0 Å². The van der Waals surface area contributed by atoms with Gasteiger partial charge >= 0.3 is 0 Å². The van der Waals surface area contributed by atoms with Gasteiger partial charge in [-0.3, -0.25) is 10.1 Å². The van der Waals surface area contributed by atoms with Gasteiger partial charge in [-0.15, -0.1) is 0 Å². The van der Waals surface area contributed by atoms with Gasteiger partial charge in [-0.25, -0.2) is 4.98 Å². The molecule has 0 saturated carbocycles. The van der Waals surface area contributed by atoms with Crippen molar-refractivity contribution < 1.29 is 10.0 Å². The van der Waals surface area contributed by atoms with Gasteiger partial charge in [-0.05, 0) is 12.3 Å². The number of nitrogens with zero attached hydrogens (tertiary/aromatic N) is 3. The van der Waals surface area contributed by atoms with Crippen molar-refractivity contribution in [1.82, 2.24) is 4.98 Å². The molecule has 104 valence electrons. The summed E-state index contributed by atoms with van der Waals surface area (Å²) in [6.07, 6.45) is 0.346. The third kappa shape index (κ3) is 2.93. The van der Waals surface area contributed by atoms with Crippen molar-refractivity contribution in [2.24, 2.45) is 5.92 Å². The maximum atomic E-state index is 10.9. The van der Waals surface area contributed by atoms with E-state index in [1.807, 2.05) is 11.8 Å². The molecule has 0 aromatic carbocycles. The molecule has 1 aliphatic rings. The third-order valence-corrected chi connectivity index (χ3v) is 3.45. The molecule has 2 rings (SSSR count). The van der Waals surface area contributed by atoms with Crippen LogP contribution in [0.25, 0.3) is 0 Å². The zero-order chi connectivity index (χ0) is 14.0. The number of aliphatic hydroxyl groups is 1. The number of hydrogen-bond acceptors (Lipinski definition) is 6. The molecule has 1 saturated heterocycles. The van der Waals surface area contributed by atoms with E-state index < -0.39 is 4.92 Å². The Kier molecular flexibility index (Phi) is 3.84. The van der Waals surface area contributed by atoms with E-state index in [1.165, 1.54) is 12.1 Å². The average Bonchev–Trinajstić information content (AvgIpc) is 2.41. The van der Waals surface area contributed by atoms with Crippen molar-refractivity contribution in [3.05, 3.63) is 22.2 Å². The predicted molar refractivity (Wildman–Crippen MR) is 72.4 cm³/mol. The Morgan fingerprint density at radius 2 is 2.32 bits per heavy atom. The Morgan fingerprint density at radius 1 is 1.58 bits per heavy atom. The summed E-state index contributed by atoms with van der Waals surface area (Å²) in [5.41, 5.74) is 0.0214. The van der Waals surface area contributed by atoms with Gasteiger partial charge in [0.15, 0.2) is 0 Å². The smallest absolute Gasteiger partial charge is 0.276 e. The molecule has 1 fully saturated rings. The van der Waals surface area contributed by atoms with Crippen LogP contribution in [0.2, 0.25) is 0 Å². The van der Waals surface area contributed by atoms with Crippen LogP contribution in [0.5, 0.6) is 0 Å². The predicted octanol–water partition coefficient (Wildman–Crippen LogP) is 1.24. The normalized spacial score (nSPS) is 23.2. The highest BCUT2D eigenvalue weighted by molar-refractivity contribution is 5.56. The summed E-state index contributed by atoms with van der Waals surface area (Å²) < 4.78 is 0. The number of anilines is 2. The number of piperidine rings is 1. The quantitative estimate of drug-likeness (QED) is 0.631. The van der Waals surface area contributed by atoms with E-state index in [2.05, 4.69) is 10.3 Å². The van der Waals surface area contributed by atoms with Crippen LogP contribution in [0, 0.1) is 16.0 Å². The monoisotopic (exact) mass is 266 g/mol. The lowest BCUT2D eigenvalue weighted by molar-refractivity contribution is -0.384. The first-order valence-electron chi connectivity index (χ1n) is 6.28. The molecule has 1 aliphatic heterocycles. The van der Waals surface area contributed by atoms with Crippen LogP contribution >= 0.6 is 0 Å². The Bertz CT molecular complexity index is 480. The zero-order valence-electron chi connectivity index (χ0n) is 11.0. The van der Waals surface area contributed by atoms with Gasteiger partial charge in [0.2, 0.25) is 0 Å². The number of nitrogens with one attached hydrogen (secondary N) is 1. The first-order valence-corrected chi connectivity index (χ1v) is 6.28. The first kappa shape index (κ1) is 13.5. The molecular formula is C12H18N4O3. The van der Waals surface area contributed by atoms with Crippen molar-refractivity contribution in [2.75, 3.05) is 30.4 Å². The Balaban J connectivity index is 2.28. The van der Waals surface area contributed by atoms with Gasteiger partial charge in [-0.1, -0.05) is 6.92 Å². The standard InChI is InChI=1S/C12H18N4O3/c1-8-7-15(4-3-10(8)17)12-6-9(16(18)19)5-11(13-2)14-12/h5-6,8,10,17H,3-4,7H2,1-2H3,(H,13,14). The molecule has 0 radical (unpaired) electrons. The fraction of sp³-hybridized carbons (Fsp3) is 0.583. The van der Waals surface area contributed by atoms with E-state index in [9.17, 15) is 15.2 Å². The zero-order valence-corrected chi connectivity index (χ0v) is 11.0. The van der Waals surface area contributed by atoms with Crippen molar-refractivity contribution >= 4 is 17.3 Å². The maximum Gasteiger partial charge on any atom is 0.276 e. The number of hydrogen-bond donors (Lipinski definition) is 2. The van der Waals surface area contributed by atoms with Gasteiger partial charge in [0.05, 0.1) is 23.2 Å². The highest BCUT2D eigenvalue weighted by Gasteiger charge is 2.26. The van der Waals surface area contributed by atoms with Crippen LogP contribution in [0.1, 0.15) is 13.3 Å². The fourth-order valence-electron chi connectivity index (χ4n) is 2.24. The minimum atomic E-state index is -0.422. The number of nitro groups is 1. The van der Waals surface area contributed by atoms with Crippen LogP contribution in [-0.4, -0.2) is 41.3 Å². The van der Waals surface area contributed by atoms with Gasteiger partial charge < -0.3 is 15.3 Å². The van der Waals surface area contributed by atoms with Crippen molar-refractivity contribution in [3.8, 4) is 0 Å². The van der Waals surface area contributed by atoms with Crippen LogP contribution < -0.4 is 10.2 Å². The summed E-state index contributed by atoms with van der Waals surface area (Å²) in [5.74, 6) is 1.19. The first-order chi connectivity index (χ1) is 9.01. The van der Waals surface area contributed by atoms with Crippen LogP contribution in [0.3, 0.4) is 0 Å². The van der Waals surface area contributed by atoms with Gasteiger partial charge in [0, 0.05) is 20.1 Å². The van der Waals surface area contributed by atoms with E-state index in [4.69, 9.17) is 0 Å². The molecule has 1 aromatic heterocycles. The maximum absolute atomic E-state index is 10.9. The highest BCUT2D eigenvalue weighted by atomic mass is 16.6. The van der Waals surface area contributed by atoms with Gasteiger partial charge in [0.1, 0.15) is 11.6 Å². The van der Waals surface area contributed by atoms with Crippen LogP contribution in [-0.2, 0) is 0 Å². The molecule has 7 nitrogen and oxygen atoms in total. The fourth-order valence-corrected chi connectivity index (χ4v) is 2.24. The summed E-state index contributed by atoms with van der Waals surface area (Å²) >= 11 is 0. The molecule has 0 spiro atoms. The molecule has 2 heterocycles.